The number of sulfonamides is 1. The van der Waals surface area contributed by atoms with Crippen molar-refractivity contribution in [3.05, 3.63) is 46.2 Å². The number of hydrogen-bond donors (Lipinski definition) is 0. The molecule has 0 unspecified atom stereocenters. The number of ketones is 1. The van der Waals surface area contributed by atoms with Crippen LogP contribution in [0.15, 0.2) is 29.2 Å². The molecule has 0 radical (unpaired) electrons. The van der Waals surface area contributed by atoms with Crippen LogP contribution in [-0.4, -0.2) is 41.4 Å². The first-order valence-electron chi connectivity index (χ1n) is 10.1. The molecule has 1 fully saturated rings. The van der Waals surface area contributed by atoms with Gasteiger partial charge < -0.3 is 0 Å². The van der Waals surface area contributed by atoms with Crippen molar-refractivity contribution in [1.29, 1.82) is 0 Å². The lowest BCUT2D eigenvalue weighted by Crippen LogP contribution is -2.40. The maximum Gasteiger partial charge on any atom is 0.246 e. The second kappa shape index (κ2) is 8.98. The Hall–Kier alpha value is -1.70. The van der Waals surface area contributed by atoms with Gasteiger partial charge in [0.25, 0.3) is 0 Å². The maximum absolute atomic E-state index is 13.4. The Balaban J connectivity index is 1.75. The number of benzene rings is 1. The summed E-state index contributed by atoms with van der Waals surface area (Å²) in [4.78, 5) is 13.1. The molecule has 8 heteroatoms. The van der Waals surface area contributed by atoms with Crippen molar-refractivity contribution >= 4 is 27.4 Å². The van der Waals surface area contributed by atoms with Crippen LogP contribution in [0.1, 0.15) is 54.4 Å². The Morgan fingerprint density at radius 2 is 1.83 bits per heavy atom. The first kappa shape index (κ1) is 22.0. The summed E-state index contributed by atoms with van der Waals surface area (Å²) in [7, 11) is -1.83. The number of unbranched alkanes of at least 4 members (excludes halogenated alkanes) is 1. The average Bonchev–Trinajstić information content (AvgIpc) is 3.00. The van der Waals surface area contributed by atoms with Crippen LogP contribution in [0.25, 0.3) is 0 Å². The first-order chi connectivity index (χ1) is 13.8. The number of Topliss-reactive ketones (excluding diaryl/α,β-unsaturated/α-hetero) is 1. The highest BCUT2D eigenvalue weighted by Gasteiger charge is 2.35. The van der Waals surface area contributed by atoms with Crippen LogP contribution in [0.4, 0.5) is 0 Å². The van der Waals surface area contributed by atoms with E-state index in [1.165, 1.54) is 4.31 Å². The van der Waals surface area contributed by atoms with Gasteiger partial charge in [-0.15, -0.1) is 0 Å². The van der Waals surface area contributed by atoms with E-state index in [1.54, 1.807) is 42.9 Å². The molecule has 0 spiro atoms. The molecule has 3 rings (SSSR count). The van der Waals surface area contributed by atoms with E-state index in [4.69, 9.17) is 11.6 Å². The van der Waals surface area contributed by atoms with Gasteiger partial charge in [-0.2, -0.15) is 9.40 Å². The molecule has 29 heavy (non-hydrogen) atoms. The fraction of sp³-hybridized carbons (Fsp3) is 0.524. The smallest absolute Gasteiger partial charge is 0.246 e. The predicted octanol–water partition coefficient (Wildman–Crippen LogP) is 4.01. The SMILES string of the molecule is CCCCc1c(S(=O)(=O)N2CCC(C(=O)c3ccc(Cl)cc3)CC2)c(C)nn1C. The van der Waals surface area contributed by atoms with Gasteiger partial charge >= 0.3 is 0 Å². The van der Waals surface area contributed by atoms with Gasteiger partial charge in [-0.3, -0.25) is 9.48 Å². The van der Waals surface area contributed by atoms with Crippen LogP contribution in [0.2, 0.25) is 5.02 Å². The summed E-state index contributed by atoms with van der Waals surface area (Å²) in [6.45, 7) is 4.51. The summed E-state index contributed by atoms with van der Waals surface area (Å²) in [6.07, 6.45) is 3.63. The van der Waals surface area contributed by atoms with Gasteiger partial charge in [0.15, 0.2) is 5.78 Å². The van der Waals surface area contributed by atoms with Gasteiger partial charge in [0.2, 0.25) is 10.0 Å². The molecular formula is C21H28ClN3O3S. The van der Waals surface area contributed by atoms with Crippen molar-refractivity contribution in [2.45, 2.75) is 50.8 Å². The first-order valence-corrected chi connectivity index (χ1v) is 11.9. The Morgan fingerprint density at radius 3 is 2.41 bits per heavy atom. The Kier molecular flexibility index (Phi) is 6.81. The lowest BCUT2D eigenvalue weighted by Gasteiger charge is -2.30. The molecule has 158 valence electrons. The van der Waals surface area contributed by atoms with Gasteiger partial charge in [0.05, 0.1) is 11.4 Å². The molecule has 0 bridgehead atoms. The van der Waals surface area contributed by atoms with Crippen LogP contribution in [0, 0.1) is 12.8 Å². The minimum atomic E-state index is -3.63. The van der Waals surface area contributed by atoms with Gasteiger partial charge in [-0.1, -0.05) is 24.9 Å². The molecule has 1 saturated heterocycles. The Morgan fingerprint density at radius 1 is 1.21 bits per heavy atom. The summed E-state index contributed by atoms with van der Waals surface area (Å²) < 4.78 is 29.9. The summed E-state index contributed by atoms with van der Waals surface area (Å²) in [5.41, 5.74) is 1.93. The maximum atomic E-state index is 13.4. The molecule has 0 amide bonds. The number of nitrogens with zero attached hydrogens (tertiary/aromatic N) is 3. The van der Waals surface area contributed by atoms with Crippen molar-refractivity contribution in [3.63, 3.8) is 0 Å². The average molecular weight is 438 g/mol. The van der Waals surface area contributed by atoms with Crippen molar-refractivity contribution in [1.82, 2.24) is 14.1 Å². The normalized spacial score (nSPS) is 16.3. The van der Waals surface area contributed by atoms with Crippen LogP contribution in [0.5, 0.6) is 0 Å². The fourth-order valence-corrected chi connectivity index (χ4v) is 6.00. The molecule has 0 atom stereocenters. The van der Waals surface area contributed by atoms with E-state index in [0.29, 0.717) is 53.5 Å². The minimum absolute atomic E-state index is 0.0555. The highest BCUT2D eigenvalue weighted by atomic mass is 35.5. The van der Waals surface area contributed by atoms with E-state index in [9.17, 15) is 13.2 Å². The number of piperidine rings is 1. The number of rotatable bonds is 7. The van der Waals surface area contributed by atoms with Crippen LogP contribution in [0.3, 0.4) is 0 Å². The van der Waals surface area contributed by atoms with Crippen molar-refractivity contribution in [2.75, 3.05) is 13.1 Å². The zero-order chi connectivity index (χ0) is 21.2. The lowest BCUT2D eigenvalue weighted by atomic mass is 9.90. The second-order valence-electron chi connectivity index (χ2n) is 7.64. The van der Waals surface area contributed by atoms with Gasteiger partial charge in [0, 0.05) is 36.6 Å². The standard InChI is InChI=1S/C21H28ClN3O3S/c1-4-5-6-19-21(15(2)23-24(19)3)29(27,28)25-13-11-17(12-14-25)20(26)16-7-9-18(22)10-8-16/h7-10,17H,4-6,11-14H2,1-3H3. The third kappa shape index (κ3) is 4.57. The summed E-state index contributed by atoms with van der Waals surface area (Å²) in [6, 6.07) is 6.87. The third-order valence-electron chi connectivity index (χ3n) is 5.60. The molecule has 1 aromatic heterocycles. The topological polar surface area (TPSA) is 72.3 Å². The highest BCUT2D eigenvalue weighted by molar-refractivity contribution is 7.89. The Bertz CT molecular complexity index is 975. The van der Waals surface area contributed by atoms with Crippen molar-refractivity contribution in [3.8, 4) is 0 Å². The number of aryl methyl sites for hydroxylation is 2. The van der Waals surface area contributed by atoms with Gasteiger partial charge in [0.1, 0.15) is 4.90 Å². The van der Waals surface area contributed by atoms with Crippen LogP contribution < -0.4 is 0 Å². The van der Waals surface area contributed by atoms with E-state index < -0.39 is 10.0 Å². The molecule has 2 aromatic rings. The fourth-order valence-electron chi connectivity index (χ4n) is 3.98. The number of carbonyl (C=O) groups is 1. The van der Waals surface area contributed by atoms with Crippen molar-refractivity contribution in [2.24, 2.45) is 13.0 Å². The lowest BCUT2D eigenvalue weighted by molar-refractivity contribution is 0.0875. The number of hydrogen-bond acceptors (Lipinski definition) is 4. The minimum Gasteiger partial charge on any atom is -0.294 e. The number of carbonyl (C=O) groups excluding carboxylic acids is 1. The van der Waals surface area contributed by atoms with E-state index in [0.717, 1.165) is 18.5 Å². The molecular weight excluding hydrogens is 410 g/mol. The highest BCUT2D eigenvalue weighted by Crippen LogP contribution is 2.30. The number of halogens is 1. The molecule has 1 aromatic carbocycles. The molecule has 0 aliphatic carbocycles. The van der Waals surface area contributed by atoms with Crippen LogP contribution in [-0.2, 0) is 23.5 Å². The number of aromatic nitrogens is 2. The summed E-state index contributed by atoms with van der Waals surface area (Å²) in [5.74, 6) is -0.114. The molecule has 6 nitrogen and oxygen atoms in total. The van der Waals surface area contributed by atoms with E-state index in [-0.39, 0.29) is 11.7 Å². The Labute approximate surface area is 177 Å². The van der Waals surface area contributed by atoms with E-state index in [2.05, 4.69) is 12.0 Å². The summed E-state index contributed by atoms with van der Waals surface area (Å²) >= 11 is 5.90. The van der Waals surface area contributed by atoms with Gasteiger partial charge in [-0.25, -0.2) is 8.42 Å². The van der Waals surface area contributed by atoms with E-state index >= 15 is 0 Å². The quantitative estimate of drug-likeness (QED) is 0.613. The van der Waals surface area contributed by atoms with Crippen molar-refractivity contribution < 1.29 is 13.2 Å². The monoisotopic (exact) mass is 437 g/mol. The molecule has 0 saturated carbocycles. The third-order valence-corrected chi connectivity index (χ3v) is 7.94. The zero-order valence-corrected chi connectivity index (χ0v) is 18.8. The predicted molar refractivity (Wildman–Crippen MR) is 114 cm³/mol. The molecule has 1 aliphatic heterocycles. The largest absolute Gasteiger partial charge is 0.294 e. The molecule has 2 heterocycles. The van der Waals surface area contributed by atoms with E-state index in [1.807, 2.05) is 0 Å². The summed E-state index contributed by atoms with van der Waals surface area (Å²) in [5, 5.41) is 4.95. The van der Waals surface area contributed by atoms with Gasteiger partial charge in [-0.05, 0) is 56.9 Å². The molecule has 1 aliphatic rings. The molecule has 0 N–H and O–H groups in total. The second-order valence-corrected chi connectivity index (χ2v) is 9.95. The van der Waals surface area contributed by atoms with Crippen LogP contribution >= 0.6 is 11.6 Å². The zero-order valence-electron chi connectivity index (χ0n) is 17.2.